The van der Waals surface area contributed by atoms with Crippen molar-refractivity contribution in [1.82, 2.24) is 4.90 Å². The number of carboxylic acids is 2. The summed E-state index contributed by atoms with van der Waals surface area (Å²) in [7, 11) is 0. The molecule has 3 aromatic carbocycles. The number of anilines is 2. The van der Waals surface area contributed by atoms with Gasteiger partial charge in [-0.3, -0.25) is 34.3 Å². The largest absolute Gasteiger partial charge is 0.478 e. The van der Waals surface area contributed by atoms with E-state index in [-0.39, 0.29) is 41.0 Å². The number of aliphatic carboxylic acids is 1. The maximum atomic E-state index is 13.4. The van der Waals surface area contributed by atoms with Gasteiger partial charge in [-0.25, -0.2) is 9.59 Å². The number of amides is 3. The predicted octanol–water partition coefficient (Wildman–Crippen LogP) is 2.58. The van der Waals surface area contributed by atoms with Gasteiger partial charge < -0.3 is 21.1 Å². The minimum Gasteiger partial charge on any atom is -0.478 e. The molecule has 230 valence electrons. The molecule has 0 spiro atoms. The second-order valence-electron chi connectivity index (χ2n) is 9.77. The number of rotatable bonds is 11. The van der Waals surface area contributed by atoms with E-state index in [1.54, 1.807) is 6.92 Å². The fourth-order valence-corrected chi connectivity index (χ4v) is 4.76. The Morgan fingerprint density at radius 3 is 2.14 bits per heavy atom. The van der Waals surface area contributed by atoms with Gasteiger partial charge in [-0.1, -0.05) is 36.4 Å². The van der Waals surface area contributed by atoms with E-state index in [0.717, 1.165) is 9.80 Å². The van der Waals surface area contributed by atoms with E-state index in [9.17, 15) is 49.4 Å². The molecule has 3 rings (SSSR count). The molecular weight excluding hydrogens is 576 g/mol. The number of carbonyl (C=O) groups excluding carboxylic acids is 3. The van der Waals surface area contributed by atoms with E-state index < -0.39 is 53.3 Å². The first-order chi connectivity index (χ1) is 20.8. The van der Waals surface area contributed by atoms with Crippen molar-refractivity contribution in [3.63, 3.8) is 0 Å². The molecular formula is C30H30N4O10. The number of para-hydroxylation sites is 1. The molecule has 3 amide bonds. The van der Waals surface area contributed by atoms with Gasteiger partial charge in [0, 0.05) is 25.7 Å². The van der Waals surface area contributed by atoms with Crippen LogP contribution in [0.3, 0.4) is 0 Å². The van der Waals surface area contributed by atoms with Crippen LogP contribution in [0.1, 0.15) is 46.9 Å². The molecule has 0 unspecified atom stereocenters. The van der Waals surface area contributed by atoms with Gasteiger partial charge in [0.05, 0.1) is 33.9 Å². The summed E-state index contributed by atoms with van der Waals surface area (Å²) in [5.74, 6) is -6.01. The van der Waals surface area contributed by atoms with Crippen molar-refractivity contribution in [1.29, 1.82) is 0 Å². The van der Waals surface area contributed by atoms with Crippen molar-refractivity contribution in [2.24, 2.45) is 5.73 Å². The molecule has 0 saturated heterocycles. The fraction of sp³-hybridized carbons (Fsp3) is 0.233. The van der Waals surface area contributed by atoms with Crippen LogP contribution in [-0.4, -0.2) is 67.5 Å². The number of non-ortho nitro benzene ring substituents is 1. The summed E-state index contributed by atoms with van der Waals surface area (Å²) in [6.07, 6.45) is -0.172. The lowest BCUT2D eigenvalue weighted by atomic mass is 9.98. The Kier molecular flexibility index (Phi) is 10.6. The van der Waals surface area contributed by atoms with E-state index in [1.807, 2.05) is 0 Å². The van der Waals surface area contributed by atoms with Crippen LogP contribution in [0, 0.1) is 10.1 Å². The van der Waals surface area contributed by atoms with Gasteiger partial charge in [-0.15, -0.1) is 0 Å². The summed E-state index contributed by atoms with van der Waals surface area (Å²) in [6, 6.07) is 13.0. The molecule has 14 nitrogen and oxygen atoms in total. The summed E-state index contributed by atoms with van der Waals surface area (Å²) in [5.41, 5.74) is 6.71. The third-order valence-corrected chi connectivity index (χ3v) is 6.85. The number of nitro benzene ring substituents is 1. The Labute approximate surface area is 251 Å². The molecule has 0 radical (unpaired) electrons. The van der Waals surface area contributed by atoms with Crippen LogP contribution in [0.15, 0.2) is 66.7 Å². The first kappa shape index (κ1) is 33.0. The molecule has 14 heteroatoms. The number of imide groups is 1. The van der Waals surface area contributed by atoms with Gasteiger partial charge in [0.1, 0.15) is 0 Å². The standard InChI is InChI=1S/C30H30N4O10/c1-17(20-8-10-22(11-9-20)34(43)44)32(18(2)36)27(37)24(31)16-19-7-12-25(21(15-19)13-14-35)33(28(38)30(41)42)26-6-4-3-5-23(26)29(39)40/h3-12,15,17,24,35H,13-14,16,31H2,1-2H3,(H,39,40)(H,41,42)/t17-,24-/m0/s1. The molecule has 0 saturated carbocycles. The smallest absolute Gasteiger partial charge is 0.395 e. The Balaban J connectivity index is 1.97. The lowest BCUT2D eigenvalue weighted by Gasteiger charge is -2.29. The Morgan fingerprint density at radius 1 is 0.955 bits per heavy atom. The van der Waals surface area contributed by atoms with Gasteiger partial charge in [0.25, 0.3) is 5.69 Å². The number of aliphatic hydroxyl groups is 1. The summed E-state index contributed by atoms with van der Waals surface area (Å²) < 4.78 is 0. The third kappa shape index (κ3) is 7.29. The topological polar surface area (TPSA) is 222 Å². The minimum atomic E-state index is -1.84. The number of aromatic carboxylic acids is 1. The monoisotopic (exact) mass is 606 g/mol. The average molecular weight is 607 g/mol. The minimum absolute atomic E-state index is 0.000883. The maximum Gasteiger partial charge on any atom is 0.395 e. The van der Waals surface area contributed by atoms with Gasteiger partial charge in [-0.2, -0.15) is 0 Å². The lowest BCUT2D eigenvalue weighted by molar-refractivity contribution is -0.384. The zero-order valence-electron chi connectivity index (χ0n) is 23.7. The average Bonchev–Trinajstić information content (AvgIpc) is 2.98. The Hall–Kier alpha value is -5.47. The van der Waals surface area contributed by atoms with Crippen molar-refractivity contribution >= 4 is 46.7 Å². The Bertz CT molecular complexity index is 1610. The number of nitro groups is 1. The van der Waals surface area contributed by atoms with E-state index in [2.05, 4.69) is 0 Å². The van der Waals surface area contributed by atoms with E-state index in [1.165, 1.54) is 73.7 Å². The highest BCUT2D eigenvalue weighted by Gasteiger charge is 2.32. The molecule has 0 aliphatic heterocycles. The molecule has 0 aliphatic rings. The molecule has 0 bridgehead atoms. The highest BCUT2D eigenvalue weighted by Crippen LogP contribution is 2.33. The molecule has 0 aromatic heterocycles. The van der Waals surface area contributed by atoms with Crippen molar-refractivity contribution in [2.75, 3.05) is 11.5 Å². The first-order valence-corrected chi connectivity index (χ1v) is 13.2. The van der Waals surface area contributed by atoms with E-state index >= 15 is 0 Å². The molecule has 5 N–H and O–H groups in total. The molecule has 0 aliphatic carbocycles. The van der Waals surface area contributed by atoms with Gasteiger partial charge in [-0.05, 0) is 54.7 Å². The summed E-state index contributed by atoms with van der Waals surface area (Å²) in [6.45, 7) is 2.34. The maximum absolute atomic E-state index is 13.4. The first-order valence-electron chi connectivity index (χ1n) is 13.2. The van der Waals surface area contributed by atoms with Crippen LogP contribution in [0.5, 0.6) is 0 Å². The normalized spacial score (nSPS) is 12.1. The van der Waals surface area contributed by atoms with Crippen LogP contribution in [-0.2, 0) is 32.0 Å². The summed E-state index contributed by atoms with van der Waals surface area (Å²) in [5, 5.41) is 39.9. The highest BCUT2D eigenvalue weighted by molar-refractivity contribution is 6.39. The number of carboxylic acid groups (broad SMARTS) is 2. The number of nitrogens with zero attached hydrogens (tertiary/aromatic N) is 3. The number of benzene rings is 3. The van der Waals surface area contributed by atoms with Crippen LogP contribution in [0.4, 0.5) is 17.1 Å². The quantitative estimate of drug-likeness (QED) is 0.141. The van der Waals surface area contributed by atoms with Gasteiger partial charge in [0.2, 0.25) is 11.8 Å². The van der Waals surface area contributed by atoms with E-state index in [4.69, 9.17) is 5.73 Å². The van der Waals surface area contributed by atoms with Crippen LogP contribution in [0.25, 0.3) is 0 Å². The molecule has 0 fully saturated rings. The lowest BCUT2D eigenvalue weighted by Crippen LogP contribution is -2.48. The Morgan fingerprint density at radius 2 is 1.59 bits per heavy atom. The zero-order chi connectivity index (χ0) is 32.7. The van der Waals surface area contributed by atoms with Crippen molar-refractivity contribution in [2.45, 2.75) is 38.8 Å². The second-order valence-corrected chi connectivity index (χ2v) is 9.77. The fourth-order valence-electron chi connectivity index (χ4n) is 4.76. The van der Waals surface area contributed by atoms with Gasteiger partial charge >= 0.3 is 17.8 Å². The number of hydrogen-bond acceptors (Lipinski definition) is 9. The van der Waals surface area contributed by atoms with Gasteiger partial charge in [0.15, 0.2) is 0 Å². The number of nitrogens with two attached hydrogens (primary N) is 1. The third-order valence-electron chi connectivity index (χ3n) is 6.85. The molecule has 0 heterocycles. The zero-order valence-corrected chi connectivity index (χ0v) is 23.7. The van der Waals surface area contributed by atoms with Crippen LogP contribution < -0.4 is 10.6 Å². The second kappa shape index (κ2) is 14.1. The van der Waals surface area contributed by atoms with Crippen LogP contribution >= 0.6 is 0 Å². The van der Waals surface area contributed by atoms with Crippen molar-refractivity contribution in [3.8, 4) is 0 Å². The molecule has 2 atom stereocenters. The molecule has 3 aromatic rings. The molecule has 44 heavy (non-hydrogen) atoms. The number of hydrogen-bond donors (Lipinski definition) is 4. The van der Waals surface area contributed by atoms with Crippen molar-refractivity contribution < 1.29 is 44.2 Å². The number of carbonyl (C=O) groups is 5. The van der Waals surface area contributed by atoms with Crippen LogP contribution in [0.2, 0.25) is 0 Å². The van der Waals surface area contributed by atoms with E-state index in [0.29, 0.717) is 11.1 Å². The van der Waals surface area contributed by atoms with Crippen molar-refractivity contribution in [3.05, 3.63) is 99.1 Å². The predicted molar refractivity (Wildman–Crippen MR) is 156 cm³/mol. The summed E-state index contributed by atoms with van der Waals surface area (Å²) >= 11 is 0. The SMILES string of the molecule is CC(=O)N(C(=O)[C@@H](N)Cc1ccc(N(C(=O)C(=O)O)c2ccccc2C(=O)O)c(CCO)c1)[C@@H](C)c1ccc([N+](=O)[O-])cc1. The highest BCUT2D eigenvalue weighted by atomic mass is 16.6. The number of aliphatic hydroxyl groups excluding tert-OH is 1. The summed E-state index contributed by atoms with van der Waals surface area (Å²) in [4.78, 5) is 74.4.